The number of H-pyrrole nitrogens is 2. The molecule has 0 bridgehead atoms. The van der Waals surface area contributed by atoms with Gasteiger partial charge in [-0.1, -0.05) is 0 Å². The predicted molar refractivity (Wildman–Crippen MR) is 72.1 cm³/mol. The second kappa shape index (κ2) is 4.63. The van der Waals surface area contributed by atoms with Crippen LogP contribution < -0.4 is 0 Å². The average Bonchev–Trinajstić information content (AvgIpc) is 3.29. The number of benzene rings is 1. The maximum atomic E-state index is 4.11. The molecular weight excluding hydrogens is 270 g/mol. The molecule has 0 radical (unpaired) electrons. The minimum absolute atomic E-state index is 0.745. The van der Waals surface area contributed by atoms with E-state index in [-0.39, 0.29) is 0 Å². The van der Waals surface area contributed by atoms with Gasteiger partial charge in [-0.15, -0.1) is 10.2 Å². The van der Waals surface area contributed by atoms with Crippen molar-refractivity contribution in [2.24, 2.45) is 0 Å². The number of aromatic amines is 2. The molecule has 0 aliphatic heterocycles. The summed E-state index contributed by atoms with van der Waals surface area (Å²) in [7, 11) is 0. The summed E-state index contributed by atoms with van der Waals surface area (Å²) in [6, 6.07) is 5.93. The van der Waals surface area contributed by atoms with Crippen LogP contribution in [0.1, 0.15) is 0 Å². The molecule has 4 rings (SSSR count). The summed E-state index contributed by atoms with van der Waals surface area (Å²) in [5.74, 6) is 0. The van der Waals surface area contributed by atoms with Crippen LogP contribution in [0.4, 0.5) is 0 Å². The van der Waals surface area contributed by atoms with Gasteiger partial charge in [0.15, 0.2) is 0 Å². The van der Waals surface area contributed by atoms with Crippen LogP contribution >= 0.6 is 0 Å². The molecule has 4 aromatic rings. The molecule has 0 spiro atoms. The van der Waals surface area contributed by atoms with Crippen molar-refractivity contribution in [1.82, 2.24) is 45.6 Å². The number of aromatic nitrogens is 9. The van der Waals surface area contributed by atoms with E-state index in [2.05, 4.69) is 41.0 Å². The first-order valence-electron chi connectivity index (χ1n) is 6.12. The molecule has 3 heterocycles. The second-order valence-electron chi connectivity index (χ2n) is 4.35. The van der Waals surface area contributed by atoms with Gasteiger partial charge in [0.05, 0.1) is 12.4 Å². The lowest BCUT2D eigenvalue weighted by Gasteiger charge is -2.07. The molecule has 21 heavy (non-hydrogen) atoms. The van der Waals surface area contributed by atoms with Gasteiger partial charge in [0.25, 0.3) is 0 Å². The Balaban J connectivity index is 1.92. The third-order valence-electron chi connectivity index (χ3n) is 3.06. The van der Waals surface area contributed by atoms with Crippen molar-refractivity contribution in [3.63, 3.8) is 0 Å². The van der Waals surface area contributed by atoms with Gasteiger partial charge < -0.3 is 0 Å². The normalized spacial score (nSPS) is 10.9. The van der Waals surface area contributed by atoms with Gasteiger partial charge in [-0.05, 0) is 18.2 Å². The van der Waals surface area contributed by atoms with Crippen LogP contribution in [0.5, 0.6) is 0 Å². The number of hydrogen-bond donors (Lipinski definition) is 2. The van der Waals surface area contributed by atoms with E-state index in [1.807, 2.05) is 22.8 Å². The number of nitrogens with zero attached hydrogens (tertiary/aromatic N) is 7. The van der Waals surface area contributed by atoms with E-state index in [1.165, 1.54) is 0 Å². The molecule has 9 nitrogen and oxygen atoms in total. The number of rotatable bonds is 3. The fourth-order valence-corrected chi connectivity index (χ4v) is 2.07. The molecule has 0 aliphatic carbocycles. The van der Waals surface area contributed by atoms with Crippen LogP contribution in [0, 0.1) is 0 Å². The molecule has 9 heteroatoms. The predicted octanol–water partition coefficient (Wildman–Crippen LogP) is 0.837. The highest BCUT2D eigenvalue weighted by molar-refractivity contribution is 5.72. The summed E-state index contributed by atoms with van der Waals surface area (Å²) in [6.07, 6.45) is 6.60. The fraction of sp³-hybridized carbons (Fsp3) is 0. The molecule has 3 aromatic heterocycles. The number of nitrogens with one attached hydrogen (secondary N) is 2. The highest BCUT2D eigenvalue weighted by atomic mass is 15.3. The fourth-order valence-electron chi connectivity index (χ4n) is 2.07. The molecule has 102 valence electrons. The smallest absolute Gasteiger partial charge is 0.123 e. The van der Waals surface area contributed by atoms with E-state index in [0.29, 0.717) is 0 Å². The lowest BCUT2D eigenvalue weighted by molar-refractivity contribution is 0.941. The monoisotopic (exact) mass is 279 g/mol. The molecule has 0 atom stereocenters. The second-order valence-corrected chi connectivity index (χ2v) is 4.35. The van der Waals surface area contributed by atoms with Gasteiger partial charge in [-0.3, -0.25) is 4.57 Å². The maximum Gasteiger partial charge on any atom is 0.123 e. The van der Waals surface area contributed by atoms with E-state index >= 15 is 0 Å². The Hall–Kier alpha value is -3.36. The Kier molecular flexibility index (Phi) is 2.53. The van der Waals surface area contributed by atoms with Crippen molar-refractivity contribution in [2.45, 2.75) is 0 Å². The molecule has 0 aliphatic rings. The van der Waals surface area contributed by atoms with Crippen molar-refractivity contribution in [3.8, 4) is 28.2 Å². The summed E-state index contributed by atoms with van der Waals surface area (Å²) >= 11 is 0. The first-order valence-corrected chi connectivity index (χ1v) is 6.12. The average molecular weight is 279 g/mol. The highest BCUT2D eigenvalue weighted by Crippen LogP contribution is 2.27. The zero-order valence-corrected chi connectivity index (χ0v) is 10.7. The van der Waals surface area contributed by atoms with Gasteiger partial charge >= 0.3 is 0 Å². The van der Waals surface area contributed by atoms with Crippen molar-refractivity contribution in [3.05, 3.63) is 43.2 Å². The SMILES string of the molecule is c1c(-c2cn[nH]n2)cc(-n2cnnc2)cc1-c1cn[nH]n1. The third kappa shape index (κ3) is 2.06. The van der Waals surface area contributed by atoms with E-state index < -0.39 is 0 Å². The van der Waals surface area contributed by atoms with Crippen LogP contribution in [-0.4, -0.2) is 45.6 Å². The Morgan fingerprint density at radius 1 is 0.762 bits per heavy atom. The maximum absolute atomic E-state index is 4.11. The van der Waals surface area contributed by atoms with Gasteiger partial charge in [-0.2, -0.15) is 30.8 Å². The summed E-state index contributed by atoms with van der Waals surface area (Å²) in [6.45, 7) is 0. The van der Waals surface area contributed by atoms with Crippen molar-refractivity contribution in [2.75, 3.05) is 0 Å². The molecule has 0 saturated heterocycles. The zero-order valence-electron chi connectivity index (χ0n) is 10.7. The summed E-state index contributed by atoms with van der Waals surface area (Å²) in [4.78, 5) is 0. The Bertz CT molecular complexity index is 704. The van der Waals surface area contributed by atoms with Gasteiger partial charge in [0.1, 0.15) is 24.0 Å². The van der Waals surface area contributed by atoms with Gasteiger partial charge in [0, 0.05) is 16.8 Å². The Morgan fingerprint density at radius 3 is 1.81 bits per heavy atom. The Labute approximate surface area is 118 Å². The van der Waals surface area contributed by atoms with E-state index in [0.717, 1.165) is 28.2 Å². The van der Waals surface area contributed by atoms with Crippen molar-refractivity contribution in [1.29, 1.82) is 0 Å². The summed E-state index contributed by atoms with van der Waals surface area (Å²) in [5.41, 5.74) is 4.21. The van der Waals surface area contributed by atoms with E-state index in [1.54, 1.807) is 25.0 Å². The molecule has 0 saturated carbocycles. The lowest BCUT2D eigenvalue weighted by atomic mass is 10.1. The van der Waals surface area contributed by atoms with Gasteiger partial charge in [-0.25, -0.2) is 0 Å². The standard InChI is InChI=1S/C12H9N9/c1-8(11-4-13-19-17-11)2-10(21-6-15-16-7-21)3-9(1)12-5-14-20-18-12/h1-7H,(H,13,17,19)(H,14,18,20). The molecule has 0 amide bonds. The molecule has 0 fully saturated rings. The van der Waals surface area contributed by atoms with E-state index in [9.17, 15) is 0 Å². The minimum atomic E-state index is 0.745. The molecule has 1 aromatic carbocycles. The van der Waals surface area contributed by atoms with E-state index in [4.69, 9.17) is 0 Å². The van der Waals surface area contributed by atoms with Crippen LogP contribution in [0.2, 0.25) is 0 Å². The third-order valence-corrected chi connectivity index (χ3v) is 3.06. The number of hydrogen-bond acceptors (Lipinski definition) is 6. The molecule has 2 N–H and O–H groups in total. The van der Waals surface area contributed by atoms with Crippen LogP contribution in [-0.2, 0) is 0 Å². The first-order chi connectivity index (χ1) is 10.4. The minimum Gasteiger partial charge on any atom is -0.288 e. The summed E-state index contributed by atoms with van der Waals surface area (Å²) in [5, 5.41) is 28.8. The molecular formula is C12H9N9. The highest BCUT2D eigenvalue weighted by Gasteiger charge is 2.10. The lowest BCUT2D eigenvalue weighted by Crippen LogP contribution is -1.93. The molecule has 0 unspecified atom stereocenters. The topological polar surface area (TPSA) is 114 Å². The van der Waals surface area contributed by atoms with Crippen LogP contribution in [0.15, 0.2) is 43.2 Å². The van der Waals surface area contributed by atoms with Crippen molar-refractivity contribution >= 4 is 0 Å². The van der Waals surface area contributed by atoms with Crippen molar-refractivity contribution < 1.29 is 0 Å². The van der Waals surface area contributed by atoms with Gasteiger partial charge in [0.2, 0.25) is 0 Å². The quantitative estimate of drug-likeness (QED) is 0.574. The summed E-state index contributed by atoms with van der Waals surface area (Å²) < 4.78 is 1.81. The largest absolute Gasteiger partial charge is 0.288 e. The van der Waals surface area contributed by atoms with Crippen LogP contribution in [0.3, 0.4) is 0 Å². The Morgan fingerprint density at radius 2 is 1.33 bits per heavy atom. The zero-order chi connectivity index (χ0) is 14.1. The van der Waals surface area contributed by atoms with Crippen LogP contribution in [0.25, 0.3) is 28.2 Å². The first kappa shape index (κ1) is 11.5.